The molecule has 1 saturated heterocycles. The number of fused-ring (bicyclic) bond motifs is 1. The van der Waals surface area contributed by atoms with Gasteiger partial charge in [0.05, 0.1) is 31.9 Å². The van der Waals surface area contributed by atoms with Crippen LogP contribution >= 0.6 is 11.6 Å². The lowest BCUT2D eigenvalue weighted by molar-refractivity contribution is -0.186. The molecule has 0 radical (unpaired) electrons. The van der Waals surface area contributed by atoms with Crippen LogP contribution in [0.25, 0.3) is 10.9 Å². The van der Waals surface area contributed by atoms with E-state index in [-0.39, 0.29) is 11.9 Å². The van der Waals surface area contributed by atoms with E-state index in [9.17, 15) is 0 Å². The molecule has 7 heteroatoms. The summed E-state index contributed by atoms with van der Waals surface area (Å²) in [5.74, 6) is 0.923. The fraction of sp³-hybridized carbons (Fsp3) is 0.529. The summed E-state index contributed by atoms with van der Waals surface area (Å²) < 4.78 is 23.2. The van der Waals surface area contributed by atoms with Gasteiger partial charge >= 0.3 is 0 Å². The first-order chi connectivity index (χ1) is 11.7. The molecule has 0 amide bonds. The molecule has 128 valence electrons. The minimum atomic E-state index is -0.384. The van der Waals surface area contributed by atoms with E-state index in [4.69, 9.17) is 30.5 Å². The highest BCUT2D eigenvalue weighted by Gasteiger charge is 2.41. The van der Waals surface area contributed by atoms with Crippen molar-refractivity contribution in [3.8, 4) is 11.5 Å². The smallest absolute Gasteiger partial charge is 0.168 e. The van der Waals surface area contributed by atoms with Crippen LogP contribution < -0.4 is 9.47 Å². The minimum absolute atomic E-state index is 0.0955. The fourth-order valence-corrected chi connectivity index (χ4v) is 3.59. The normalized spacial score (nSPS) is 20.6. The second kappa shape index (κ2) is 6.35. The lowest BCUT2D eigenvalue weighted by Gasteiger charge is -2.35. The Labute approximate surface area is 145 Å². The average Bonchev–Trinajstić information content (AvgIpc) is 3.05. The Morgan fingerprint density at radius 3 is 2.58 bits per heavy atom. The van der Waals surface area contributed by atoms with Gasteiger partial charge in [0.15, 0.2) is 17.3 Å². The molecule has 2 fully saturated rings. The molecule has 1 aromatic carbocycles. The Balaban J connectivity index is 1.54. The summed E-state index contributed by atoms with van der Waals surface area (Å²) in [6, 6.07) is 3.68. The van der Waals surface area contributed by atoms with Crippen LogP contribution in [0.1, 0.15) is 25.7 Å². The van der Waals surface area contributed by atoms with Crippen molar-refractivity contribution in [1.29, 1.82) is 0 Å². The van der Waals surface area contributed by atoms with Gasteiger partial charge in [-0.3, -0.25) is 0 Å². The summed E-state index contributed by atoms with van der Waals surface area (Å²) in [4.78, 5) is 8.25. The molecular weight excluding hydrogens is 332 g/mol. The summed E-state index contributed by atoms with van der Waals surface area (Å²) >= 11 is 6.17. The monoisotopic (exact) mass is 350 g/mol. The molecule has 1 spiro atoms. The predicted octanol–water partition coefficient (Wildman–Crippen LogP) is 3.36. The average molecular weight is 351 g/mol. The standard InChI is InChI=1S/C17H19ClN2O4/c1-21-14-9-13-12(16(18)20-10-19-13)8-15(14)24-11-2-4-17(5-3-11)22-6-7-23-17/h8-11H,2-7H2,1H3. The molecule has 0 atom stereocenters. The van der Waals surface area contributed by atoms with Crippen LogP contribution in [0.15, 0.2) is 18.5 Å². The van der Waals surface area contributed by atoms with Crippen LogP contribution in [0.2, 0.25) is 5.15 Å². The minimum Gasteiger partial charge on any atom is -0.493 e. The number of ether oxygens (including phenoxy) is 4. The summed E-state index contributed by atoms with van der Waals surface area (Å²) in [7, 11) is 1.62. The Hall–Kier alpha value is -1.63. The van der Waals surface area contributed by atoms with E-state index in [1.807, 2.05) is 12.1 Å². The van der Waals surface area contributed by atoms with Crippen molar-refractivity contribution in [1.82, 2.24) is 9.97 Å². The van der Waals surface area contributed by atoms with Crippen molar-refractivity contribution in [2.45, 2.75) is 37.6 Å². The van der Waals surface area contributed by atoms with Crippen molar-refractivity contribution < 1.29 is 18.9 Å². The van der Waals surface area contributed by atoms with E-state index >= 15 is 0 Å². The van der Waals surface area contributed by atoms with Crippen molar-refractivity contribution in [3.05, 3.63) is 23.6 Å². The molecule has 4 rings (SSSR count). The number of halogens is 1. The van der Waals surface area contributed by atoms with Gasteiger partial charge in [0, 0.05) is 24.3 Å². The third-order valence-electron chi connectivity index (χ3n) is 4.67. The number of benzene rings is 1. The van der Waals surface area contributed by atoms with Gasteiger partial charge in [-0.2, -0.15) is 0 Å². The highest BCUT2D eigenvalue weighted by atomic mass is 35.5. The number of aromatic nitrogens is 2. The zero-order valence-electron chi connectivity index (χ0n) is 13.5. The quantitative estimate of drug-likeness (QED) is 0.791. The summed E-state index contributed by atoms with van der Waals surface area (Å²) in [6.07, 6.45) is 4.97. The van der Waals surface area contributed by atoms with Gasteiger partial charge in [0.1, 0.15) is 11.5 Å². The van der Waals surface area contributed by atoms with Gasteiger partial charge < -0.3 is 18.9 Å². The SMILES string of the molecule is COc1cc2ncnc(Cl)c2cc1OC1CCC2(CC1)OCCO2. The predicted molar refractivity (Wildman–Crippen MR) is 88.6 cm³/mol. The van der Waals surface area contributed by atoms with E-state index in [0.717, 1.165) is 36.6 Å². The third kappa shape index (κ3) is 2.90. The van der Waals surface area contributed by atoms with Crippen molar-refractivity contribution in [2.75, 3.05) is 20.3 Å². The molecule has 2 heterocycles. The van der Waals surface area contributed by atoms with Crippen LogP contribution in [0.5, 0.6) is 11.5 Å². The van der Waals surface area contributed by atoms with Crippen LogP contribution in [0.4, 0.5) is 0 Å². The highest BCUT2D eigenvalue weighted by molar-refractivity contribution is 6.34. The number of rotatable bonds is 3. The summed E-state index contributed by atoms with van der Waals surface area (Å²) in [5, 5.41) is 1.16. The zero-order chi connectivity index (χ0) is 16.6. The molecule has 1 aromatic heterocycles. The third-order valence-corrected chi connectivity index (χ3v) is 4.97. The molecule has 1 saturated carbocycles. The van der Waals surface area contributed by atoms with Gasteiger partial charge in [-0.25, -0.2) is 9.97 Å². The lowest BCUT2D eigenvalue weighted by Crippen LogP contribution is -2.38. The Morgan fingerprint density at radius 2 is 1.88 bits per heavy atom. The first-order valence-corrected chi connectivity index (χ1v) is 8.50. The Bertz CT molecular complexity index is 739. The van der Waals surface area contributed by atoms with Crippen molar-refractivity contribution >= 4 is 22.5 Å². The molecule has 6 nitrogen and oxygen atoms in total. The van der Waals surface area contributed by atoms with Gasteiger partial charge in [0.2, 0.25) is 0 Å². The molecule has 0 N–H and O–H groups in total. The second-order valence-electron chi connectivity index (χ2n) is 6.11. The summed E-state index contributed by atoms with van der Waals surface area (Å²) in [5.41, 5.74) is 0.731. The van der Waals surface area contributed by atoms with Gasteiger partial charge in [-0.15, -0.1) is 0 Å². The van der Waals surface area contributed by atoms with Gasteiger partial charge in [-0.1, -0.05) is 11.6 Å². The van der Waals surface area contributed by atoms with Crippen molar-refractivity contribution in [3.63, 3.8) is 0 Å². The van der Waals surface area contributed by atoms with Crippen LogP contribution in [-0.2, 0) is 9.47 Å². The van der Waals surface area contributed by atoms with E-state index in [1.165, 1.54) is 6.33 Å². The summed E-state index contributed by atoms with van der Waals surface area (Å²) in [6.45, 7) is 1.37. The Morgan fingerprint density at radius 1 is 1.12 bits per heavy atom. The second-order valence-corrected chi connectivity index (χ2v) is 6.47. The first-order valence-electron chi connectivity index (χ1n) is 8.12. The molecule has 1 aliphatic carbocycles. The van der Waals surface area contributed by atoms with Gasteiger partial charge in [-0.05, 0) is 18.9 Å². The maximum absolute atomic E-state index is 6.19. The topological polar surface area (TPSA) is 62.7 Å². The molecule has 2 aliphatic rings. The number of methoxy groups -OCH3 is 1. The van der Waals surface area contributed by atoms with Crippen LogP contribution in [0, 0.1) is 0 Å². The molecule has 24 heavy (non-hydrogen) atoms. The van der Waals surface area contributed by atoms with E-state index in [0.29, 0.717) is 29.9 Å². The molecule has 2 aromatic rings. The number of hydrogen-bond acceptors (Lipinski definition) is 6. The van der Waals surface area contributed by atoms with E-state index in [2.05, 4.69) is 9.97 Å². The maximum atomic E-state index is 6.19. The van der Waals surface area contributed by atoms with Crippen LogP contribution in [-0.4, -0.2) is 42.2 Å². The zero-order valence-corrected chi connectivity index (χ0v) is 14.2. The van der Waals surface area contributed by atoms with Gasteiger partial charge in [0.25, 0.3) is 0 Å². The largest absolute Gasteiger partial charge is 0.493 e. The lowest BCUT2D eigenvalue weighted by atomic mass is 9.92. The highest BCUT2D eigenvalue weighted by Crippen LogP contribution is 2.39. The van der Waals surface area contributed by atoms with Crippen molar-refractivity contribution in [2.24, 2.45) is 0 Å². The fourth-order valence-electron chi connectivity index (χ4n) is 3.40. The number of nitrogens with zero attached hydrogens (tertiary/aromatic N) is 2. The molecule has 0 unspecified atom stereocenters. The number of hydrogen-bond donors (Lipinski definition) is 0. The first kappa shape index (κ1) is 15.9. The molecule has 1 aliphatic heterocycles. The van der Waals surface area contributed by atoms with E-state index < -0.39 is 0 Å². The Kier molecular flexibility index (Phi) is 4.20. The molecular formula is C17H19ClN2O4. The van der Waals surface area contributed by atoms with E-state index in [1.54, 1.807) is 7.11 Å². The van der Waals surface area contributed by atoms with Crippen LogP contribution in [0.3, 0.4) is 0 Å². The molecule has 0 bridgehead atoms. The maximum Gasteiger partial charge on any atom is 0.168 e.